The highest BCUT2D eigenvalue weighted by atomic mass is 19.3. The van der Waals surface area contributed by atoms with Crippen LogP contribution in [-0.4, -0.2) is 32.0 Å². The van der Waals surface area contributed by atoms with Gasteiger partial charge in [-0.25, -0.2) is 13.6 Å². The van der Waals surface area contributed by atoms with Crippen molar-refractivity contribution in [1.82, 2.24) is 5.32 Å². The van der Waals surface area contributed by atoms with Crippen LogP contribution in [0.25, 0.3) is 0 Å². The summed E-state index contributed by atoms with van der Waals surface area (Å²) >= 11 is 0. The summed E-state index contributed by atoms with van der Waals surface area (Å²) in [4.78, 5) is 22.0. The quantitative estimate of drug-likeness (QED) is 0.241. The average molecular weight is 277 g/mol. The van der Waals surface area contributed by atoms with Crippen LogP contribution in [-0.2, 0) is 19.1 Å². The van der Waals surface area contributed by atoms with E-state index in [1.165, 1.54) is 13.8 Å². The molecule has 0 fully saturated rings. The summed E-state index contributed by atoms with van der Waals surface area (Å²) in [7, 11) is 0. The van der Waals surface area contributed by atoms with Gasteiger partial charge < -0.3 is 14.8 Å². The normalized spacial score (nSPS) is 12.8. The number of halogens is 2. The van der Waals surface area contributed by atoms with Crippen LogP contribution in [0.1, 0.15) is 20.8 Å². The smallest absolute Gasteiger partial charge is 0.355 e. The van der Waals surface area contributed by atoms with Gasteiger partial charge in [0.1, 0.15) is 5.70 Å². The van der Waals surface area contributed by atoms with Crippen molar-refractivity contribution < 1.29 is 27.8 Å². The summed E-state index contributed by atoms with van der Waals surface area (Å²) in [5, 5.41) is 1.95. The molecule has 0 spiro atoms. The SMILES string of the molecule is CCO/C=C(C)/C(=C(/NC=O)C(=O)OCC)C(F)F. The van der Waals surface area contributed by atoms with E-state index in [1.807, 2.05) is 5.32 Å². The third-order valence-corrected chi connectivity index (χ3v) is 2.02. The molecule has 108 valence electrons. The van der Waals surface area contributed by atoms with E-state index in [-0.39, 0.29) is 18.6 Å². The van der Waals surface area contributed by atoms with Gasteiger partial charge in [-0.05, 0) is 26.3 Å². The van der Waals surface area contributed by atoms with E-state index in [1.54, 1.807) is 6.92 Å². The molecular weight excluding hydrogens is 260 g/mol. The van der Waals surface area contributed by atoms with E-state index in [0.29, 0.717) is 6.61 Å². The fourth-order valence-corrected chi connectivity index (χ4v) is 1.26. The topological polar surface area (TPSA) is 64.6 Å². The molecule has 0 aliphatic heterocycles. The second-order valence-electron chi connectivity index (χ2n) is 3.33. The molecule has 0 bridgehead atoms. The Labute approximate surface area is 110 Å². The number of allylic oxidation sites excluding steroid dienone is 2. The number of nitrogens with one attached hydrogen (secondary N) is 1. The van der Waals surface area contributed by atoms with Gasteiger partial charge in [-0.1, -0.05) is 0 Å². The number of ether oxygens (including phenoxy) is 2. The highest BCUT2D eigenvalue weighted by Gasteiger charge is 2.24. The van der Waals surface area contributed by atoms with Crippen molar-refractivity contribution in [2.75, 3.05) is 13.2 Å². The van der Waals surface area contributed by atoms with Crippen LogP contribution in [0.5, 0.6) is 0 Å². The molecule has 0 heterocycles. The Bertz CT molecular complexity index is 378. The number of hydrogen-bond donors (Lipinski definition) is 1. The third kappa shape index (κ3) is 5.50. The molecule has 5 nitrogen and oxygen atoms in total. The zero-order valence-corrected chi connectivity index (χ0v) is 11.0. The summed E-state index contributed by atoms with van der Waals surface area (Å²) in [6.07, 6.45) is -1.71. The molecule has 1 N–H and O–H groups in total. The molecule has 0 aliphatic rings. The number of carbonyl (C=O) groups is 2. The minimum absolute atomic E-state index is 0.00755. The number of alkyl halides is 2. The van der Waals surface area contributed by atoms with Gasteiger partial charge >= 0.3 is 5.97 Å². The van der Waals surface area contributed by atoms with Crippen molar-refractivity contribution in [2.45, 2.75) is 27.2 Å². The number of amides is 1. The molecule has 0 unspecified atom stereocenters. The monoisotopic (exact) mass is 277 g/mol. The lowest BCUT2D eigenvalue weighted by Crippen LogP contribution is -2.25. The van der Waals surface area contributed by atoms with E-state index in [4.69, 9.17) is 4.74 Å². The van der Waals surface area contributed by atoms with Crippen LogP contribution in [0.15, 0.2) is 23.1 Å². The van der Waals surface area contributed by atoms with Crippen LogP contribution < -0.4 is 5.32 Å². The van der Waals surface area contributed by atoms with Crippen LogP contribution in [0.4, 0.5) is 8.78 Å². The second-order valence-corrected chi connectivity index (χ2v) is 3.33. The number of carbonyl (C=O) groups excluding carboxylic acids is 2. The standard InChI is InChI=1S/C12H17F2NO4/c1-4-18-6-8(3)9(11(13)14)10(15-7-16)12(17)19-5-2/h6-7,11H,4-5H2,1-3H3,(H,15,16)/b8-6+,10-9-. The number of esters is 1. The molecule has 0 rings (SSSR count). The van der Waals surface area contributed by atoms with E-state index >= 15 is 0 Å². The van der Waals surface area contributed by atoms with Crippen molar-refractivity contribution in [2.24, 2.45) is 0 Å². The molecule has 0 radical (unpaired) electrons. The van der Waals surface area contributed by atoms with Crippen LogP contribution in [0.2, 0.25) is 0 Å². The third-order valence-electron chi connectivity index (χ3n) is 2.02. The molecule has 7 heteroatoms. The van der Waals surface area contributed by atoms with Crippen molar-refractivity contribution in [1.29, 1.82) is 0 Å². The Balaban J connectivity index is 5.60. The van der Waals surface area contributed by atoms with E-state index in [2.05, 4.69) is 4.74 Å². The predicted octanol–water partition coefficient (Wildman–Crippen LogP) is 1.75. The van der Waals surface area contributed by atoms with Gasteiger partial charge in [0, 0.05) is 0 Å². The lowest BCUT2D eigenvalue weighted by molar-refractivity contribution is -0.139. The van der Waals surface area contributed by atoms with Crippen molar-refractivity contribution >= 4 is 12.4 Å². The molecule has 0 atom stereocenters. The second kappa shape index (κ2) is 9.07. The van der Waals surface area contributed by atoms with Gasteiger partial charge in [0.2, 0.25) is 6.41 Å². The van der Waals surface area contributed by atoms with Crippen LogP contribution >= 0.6 is 0 Å². The maximum atomic E-state index is 13.0. The van der Waals surface area contributed by atoms with Gasteiger partial charge in [0.05, 0.1) is 25.0 Å². The van der Waals surface area contributed by atoms with E-state index in [0.717, 1.165) is 6.26 Å². The largest absolute Gasteiger partial charge is 0.501 e. The molecule has 0 aromatic rings. The fraction of sp³-hybridized carbons (Fsp3) is 0.500. The fourth-order valence-electron chi connectivity index (χ4n) is 1.26. The molecule has 0 aromatic carbocycles. The highest BCUT2D eigenvalue weighted by molar-refractivity contribution is 5.92. The van der Waals surface area contributed by atoms with Crippen LogP contribution in [0, 0.1) is 0 Å². The summed E-state index contributed by atoms with van der Waals surface area (Å²) in [6, 6.07) is 0. The maximum Gasteiger partial charge on any atom is 0.355 e. The molecule has 1 amide bonds. The van der Waals surface area contributed by atoms with Crippen molar-refractivity contribution in [3.63, 3.8) is 0 Å². The first-order valence-electron chi connectivity index (χ1n) is 5.67. The molecular formula is C12H17F2NO4. The zero-order valence-electron chi connectivity index (χ0n) is 11.0. The molecule has 0 aliphatic carbocycles. The molecule has 0 aromatic heterocycles. The maximum absolute atomic E-state index is 13.0. The first kappa shape index (κ1) is 17.1. The van der Waals surface area contributed by atoms with Gasteiger partial charge in [-0.15, -0.1) is 0 Å². The Kier molecular flexibility index (Phi) is 8.15. The molecule has 19 heavy (non-hydrogen) atoms. The van der Waals surface area contributed by atoms with Gasteiger partial charge in [-0.2, -0.15) is 0 Å². The molecule has 0 saturated heterocycles. The Morgan fingerprint density at radius 3 is 2.37 bits per heavy atom. The average Bonchev–Trinajstić information content (AvgIpc) is 2.35. The molecule has 0 saturated carbocycles. The summed E-state index contributed by atoms with van der Waals surface area (Å²) in [5.74, 6) is -1.02. The Hall–Kier alpha value is -1.92. The Morgan fingerprint density at radius 2 is 1.95 bits per heavy atom. The van der Waals surface area contributed by atoms with Gasteiger partial charge in [0.25, 0.3) is 6.43 Å². The lowest BCUT2D eigenvalue weighted by atomic mass is 10.1. The first-order chi connectivity index (χ1) is 8.99. The first-order valence-corrected chi connectivity index (χ1v) is 5.67. The number of hydrogen-bond acceptors (Lipinski definition) is 4. The van der Waals surface area contributed by atoms with Gasteiger partial charge in [0.15, 0.2) is 0 Å². The number of rotatable bonds is 8. The van der Waals surface area contributed by atoms with Crippen LogP contribution in [0.3, 0.4) is 0 Å². The van der Waals surface area contributed by atoms with E-state index < -0.39 is 23.7 Å². The van der Waals surface area contributed by atoms with Gasteiger partial charge in [-0.3, -0.25) is 4.79 Å². The van der Waals surface area contributed by atoms with Crippen molar-refractivity contribution in [3.8, 4) is 0 Å². The minimum Gasteiger partial charge on any atom is -0.501 e. The Morgan fingerprint density at radius 1 is 1.32 bits per heavy atom. The highest BCUT2D eigenvalue weighted by Crippen LogP contribution is 2.22. The minimum atomic E-state index is -2.96. The van der Waals surface area contributed by atoms with Crippen molar-refractivity contribution in [3.05, 3.63) is 23.1 Å². The zero-order chi connectivity index (χ0) is 14.8. The lowest BCUT2D eigenvalue weighted by Gasteiger charge is -2.13. The summed E-state index contributed by atoms with van der Waals surface area (Å²) in [6.45, 7) is 4.87. The van der Waals surface area contributed by atoms with E-state index in [9.17, 15) is 18.4 Å². The predicted molar refractivity (Wildman–Crippen MR) is 64.2 cm³/mol. The summed E-state index contributed by atoms with van der Waals surface area (Å²) in [5.41, 5.74) is -1.17. The summed E-state index contributed by atoms with van der Waals surface area (Å²) < 4.78 is 35.6.